The summed E-state index contributed by atoms with van der Waals surface area (Å²) in [6, 6.07) is 0. The van der Waals surface area contributed by atoms with Crippen LogP contribution < -0.4 is 0 Å². The van der Waals surface area contributed by atoms with Crippen molar-refractivity contribution in [2.45, 2.75) is 50.5 Å². The predicted octanol–water partition coefficient (Wildman–Crippen LogP) is 3.20. The van der Waals surface area contributed by atoms with E-state index in [1.807, 2.05) is 0 Å². The summed E-state index contributed by atoms with van der Waals surface area (Å²) in [5, 5.41) is 10.0. The lowest BCUT2D eigenvalue weighted by atomic mass is 9.91. The fourth-order valence-corrected chi connectivity index (χ4v) is 1.74. The highest BCUT2D eigenvalue weighted by molar-refractivity contribution is 5.01. The molecule has 0 radical (unpaired) electrons. The van der Waals surface area contributed by atoms with Crippen LogP contribution in [0.25, 0.3) is 0 Å². The number of hydrogen-bond donors (Lipinski definition) is 1. The van der Waals surface area contributed by atoms with Gasteiger partial charge in [-0.3, -0.25) is 0 Å². The molecule has 1 aliphatic carbocycles. The third-order valence-corrected chi connectivity index (χ3v) is 2.75. The van der Waals surface area contributed by atoms with Crippen LogP contribution in [0.3, 0.4) is 0 Å². The summed E-state index contributed by atoms with van der Waals surface area (Å²) < 4.78 is 0. The molecule has 0 aromatic rings. The maximum Gasteiger partial charge on any atom is 0.0859 e. The minimum atomic E-state index is -0.645. The highest BCUT2D eigenvalue weighted by Crippen LogP contribution is 2.22. The smallest absolute Gasteiger partial charge is 0.0859 e. The Labute approximate surface area is 81.2 Å². The Bertz CT molecular complexity index is 184. The topological polar surface area (TPSA) is 20.2 Å². The van der Waals surface area contributed by atoms with Crippen molar-refractivity contribution in [1.82, 2.24) is 0 Å². The number of hydrogen-bond acceptors (Lipinski definition) is 1. The Morgan fingerprint density at radius 1 is 1.15 bits per heavy atom. The van der Waals surface area contributed by atoms with E-state index >= 15 is 0 Å². The van der Waals surface area contributed by atoms with Crippen molar-refractivity contribution in [2.24, 2.45) is 0 Å². The summed E-state index contributed by atoms with van der Waals surface area (Å²) in [6.45, 7) is 3.70. The van der Waals surface area contributed by atoms with Crippen LogP contribution in [0.2, 0.25) is 0 Å². The van der Waals surface area contributed by atoms with E-state index in [0.717, 1.165) is 25.7 Å². The summed E-state index contributed by atoms with van der Waals surface area (Å²) in [5.74, 6) is 0. The van der Waals surface area contributed by atoms with Gasteiger partial charge in [-0.1, -0.05) is 37.5 Å². The lowest BCUT2D eigenvalue weighted by molar-refractivity contribution is 0.0815. The molecule has 0 aromatic carbocycles. The minimum absolute atomic E-state index is 0.645. The van der Waals surface area contributed by atoms with Crippen molar-refractivity contribution >= 4 is 0 Å². The molecule has 1 heteroatoms. The van der Waals surface area contributed by atoms with E-state index in [1.54, 1.807) is 6.08 Å². The van der Waals surface area contributed by atoms with Gasteiger partial charge in [-0.05, 0) is 25.7 Å². The lowest BCUT2D eigenvalue weighted by Gasteiger charge is -2.23. The van der Waals surface area contributed by atoms with Crippen LogP contribution in [0.4, 0.5) is 0 Å². The van der Waals surface area contributed by atoms with E-state index in [1.165, 1.54) is 19.3 Å². The lowest BCUT2D eigenvalue weighted by Crippen LogP contribution is -2.24. The molecule has 1 N–H and O–H groups in total. The number of rotatable bonds is 1. The molecule has 1 atom stereocenters. The van der Waals surface area contributed by atoms with Gasteiger partial charge in [0, 0.05) is 0 Å². The number of aliphatic hydroxyl groups is 1. The van der Waals surface area contributed by atoms with Crippen LogP contribution in [0.1, 0.15) is 44.9 Å². The van der Waals surface area contributed by atoms with E-state index < -0.39 is 5.60 Å². The van der Waals surface area contributed by atoms with Gasteiger partial charge in [0.15, 0.2) is 0 Å². The van der Waals surface area contributed by atoms with Crippen molar-refractivity contribution in [1.29, 1.82) is 0 Å². The first kappa shape index (κ1) is 10.5. The third kappa shape index (κ3) is 3.77. The first-order valence-corrected chi connectivity index (χ1v) is 5.28. The monoisotopic (exact) mass is 180 g/mol. The van der Waals surface area contributed by atoms with Gasteiger partial charge in [0.1, 0.15) is 0 Å². The molecule has 1 aliphatic rings. The van der Waals surface area contributed by atoms with Crippen LogP contribution in [-0.2, 0) is 0 Å². The fraction of sp³-hybridized carbons (Fsp3) is 0.667. The van der Waals surface area contributed by atoms with Crippen LogP contribution in [0.5, 0.6) is 0 Å². The average molecular weight is 180 g/mol. The molecule has 0 amide bonds. The third-order valence-electron chi connectivity index (χ3n) is 2.75. The van der Waals surface area contributed by atoms with E-state index in [9.17, 15) is 5.11 Å². The molecule has 0 fully saturated rings. The van der Waals surface area contributed by atoms with Gasteiger partial charge in [-0.15, -0.1) is 6.58 Å². The molecule has 0 aromatic heterocycles. The molecule has 0 heterocycles. The van der Waals surface area contributed by atoms with Crippen molar-refractivity contribution in [3.8, 4) is 0 Å². The molecule has 1 unspecified atom stereocenters. The molecular formula is C12H20O. The predicted molar refractivity (Wildman–Crippen MR) is 56.6 cm³/mol. The second kappa shape index (κ2) is 5.23. The molecule has 1 nitrogen and oxygen atoms in total. The minimum Gasteiger partial charge on any atom is -0.385 e. The Morgan fingerprint density at radius 2 is 1.92 bits per heavy atom. The summed E-state index contributed by atoms with van der Waals surface area (Å²) in [6.07, 6.45) is 13.7. The Morgan fingerprint density at radius 3 is 2.69 bits per heavy atom. The van der Waals surface area contributed by atoms with Gasteiger partial charge in [-0.2, -0.15) is 0 Å². The first-order valence-electron chi connectivity index (χ1n) is 5.28. The second-order valence-electron chi connectivity index (χ2n) is 3.94. The van der Waals surface area contributed by atoms with Crippen molar-refractivity contribution in [3.05, 3.63) is 24.8 Å². The molecule has 0 aliphatic heterocycles. The molecule has 1 rings (SSSR count). The zero-order valence-electron chi connectivity index (χ0n) is 8.34. The van der Waals surface area contributed by atoms with E-state index in [2.05, 4.69) is 18.7 Å². The highest BCUT2D eigenvalue weighted by Gasteiger charge is 2.20. The van der Waals surface area contributed by atoms with Gasteiger partial charge in [-0.25, -0.2) is 0 Å². The normalized spacial score (nSPS) is 33.6. The van der Waals surface area contributed by atoms with E-state index in [-0.39, 0.29) is 0 Å². The quantitative estimate of drug-likeness (QED) is 0.614. The van der Waals surface area contributed by atoms with Crippen LogP contribution in [-0.4, -0.2) is 10.7 Å². The first-order chi connectivity index (χ1) is 6.27. The average Bonchev–Trinajstić information content (AvgIpc) is 2.16. The van der Waals surface area contributed by atoms with Crippen LogP contribution in [0.15, 0.2) is 24.8 Å². The maximum atomic E-state index is 10.0. The van der Waals surface area contributed by atoms with Gasteiger partial charge in [0.05, 0.1) is 5.60 Å². The largest absolute Gasteiger partial charge is 0.385 e. The second-order valence-corrected chi connectivity index (χ2v) is 3.94. The summed E-state index contributed by atoms with van der Waals surface area (Å²) >= 11 is 0. The van der Waals surface area contributed by atoms with Gasteiger partial charge in [0.2, 0.25) is 0 Å². The molecule has 13 heavy (non-hydrogen) atoms. The maximum absolute atomic E-state index is 10.0. The Hall–Kier alpha value is -0.560. The van der Waals surface area contributed by atoms with Crippen LogP contribution in [0, 0.1) is 0 Å². The fourth-order valence-electron chi connectivity index (χ4n) is 1.74. The summed E-state index contributed by atoms with van der Waals surface area (Å²) in [5.41, 5.74) is -0.645. The summed E-state index contributed by atoms with van der Waals surface area (Å²) in [7, 11) is 0. The van der Waals surface area contributed by atoms with Crippen molar-refractivity contribution in [3.63, 3.8) is 0 Å². The summed E-state index contributed by atoms with van der Waals surface area (Å²) in [4.78, 5) is 0. The highest BCUT2D eigenvalue weighted by atomic mass is 16.3. The van der Waals surface area contributed by atoms with Gasteiger partial charge < -0.3 is 5.11 Å². The zero-order chi connectivity index (χ0) is 9.57. The molecule has 0 bridgehead atoms. The van der Waals surface area contributed by atoms with Crippen molar-refractivity contribution < 1.29 is 5.11 Å². The Kier molecular flexibility index (Phi) is 4.23. The van der Waals surface area contributed by atoms with E-state index in [0.29, 0.717) is 0 Å². The molecule has 74 valence electrons. The van der Waals surface area contributed by atoms with Crippen molar-refractivity contribution in [2.75, 3.05) is 0 Å². The zero-order valence-corrected chi connectivity index (χ0v) is 8.34. The van der Waals surface area contributed by atoms with E-state index in [4.69, 9.17) is 0 Å². The standard InChI is InChI=1S/C12H20O/c1-2-12(13)10-8-6-4-3-5-7-9-11-12/h2,6,8,13H,1,3-5,7,9-11H2/b8-6-. The van der Waals surface area contributed by atoms with Gasteiger partial charge >= 0.3 is 0 Å². The Balaban J connectivity index is 2.52. The molecule has 0 saturated heterocycles. The number of allylic oxidation sites excluding steroid dienone is 1. The SMILES string of the molecule is C=CC1(O)C/C=C\CCCCCC1. The van der Waals surface area contributed by atoms with Crippen LogP contribution >= 0.6 is 0 Å². The molecular weight excluding hydrogens is 160 g/mol. The molecule has 0 spiro atoms. The molecule has 0 saturated carbocycles. The van der Waals surface area contributed by atoms with Gasteiger partial charge in [0.25, 0.3) is 0 Å².